The molecule has 0 aliphatic heterocycles. The van der Waals surface area contributed by atoms with Crippen molar-refractivity contribution >= 4 is 11.6 Å². The van der Waals surface area contributed by atoms with Crippen LogP contribution < -0.4 is 4.74 Å². The molecule has 0 aliphatic carbocycles. The molecule has 2 nitrogen and oxygen atoms in total. The van der Waals surface area contributed by atoms with E-state index in [9.17, 15) is 0 Å². The minimum Gasteiger partial charge on any atom is -0.493 e. The summed E-state index contributed by atoms with van der Waals surface area (Å²) < 4.78 is 5.68. The number of hydrogen-bond donors (Lipinski definition) is 0. The number of rotatable bonds is 11. The molecule has 1 aromatic rings. The molecule has 1 aromatic heterocycles. The topological polar surface area (TPSA) is 22.1 Å². The molecular formula is C16H24ClNO. The zero-order chi connectivity index (χ0) is 13.8. The Balaban J connectivity index is 1.99. The molecule has 0 aliphatic rings. The number of alkyl halides is 1. The van der Waals surface area contributed by atoms with E-state index in [1.54, 1.807) is 6.20 Å². The van der Waals surface area contributed by atoms with Gasteiger partial charge in [-0.25, -0.2) is 0 Å². The van der Waals surface area contributed by atoms with Crippen LogP contribution in [-0.4, -0.2) is 11.6 Å². The Bertz CT molecular complexity index is 354. The number of ether oxygens (including phenoxy) is 1. The first-order chi connectivity index (χ1) is 9.36. The van der Waals surface area contributed by atoms with Gasteiger partial charge < -0.3 is 4.74 Å². The van der Waals surface area contributed by atoms with E-state index < -0.39 is 0 Å². The molecule has 19 heavy (non-hydrogen) atoms. The maximum Gasteiger partial charge on any atom is 0.122 e. The van der Waals surface area contributed by atoms with E-state index in [1.165, 1.54) is 32.1 Å². The third kappa shape index (κ3) is 7.89. The number of hydrogen-bond acceptors (Lipinski definition) is 2. The fraction of sp³-hybridized carbons (Fsp3) is 0.562. The van der Waals surface area contributed by atoms with Crippen molar-refractivity contribution in [1.29, 1.82) is 0 Å². The van der Waals surface area contributed by atoms with E-state index in [1.807, 2.05) is 18.2 Å². The minimum atomic E-state index is 0.432. The van der Waals surface area contributed by atoms with Crippen molar-refractivity contribution in [2.75, 3.05) is 6.61 Å². The summed E-state index contributed by atoms with van der Waals surface area (Å²) in [6, 6.07) is 3.79. The van der Waals surface area contributed by atoms with Crippen molar-refractivity contribution in [3.05, 3.63) is 36.7 Å². The van der Waals surface area contributed by atoms with Crippen LogP contribution in [0.25, 0.3) is 0 Å². The van der Waals surface area contributed by atoms with Crippen LogP contribution in [0, 0.1) is 0 Å². The third-order valence-corrected chi connectivity index (χ3v) is 3.27. The highest BCUT2D eigenvalue weighted by atomic mass is 35.5. The Morgan fingerprint density at radius 3 is 2.63 bits per heavy atom. The second kappa shape index (κ2) is 10.9. The molecule has 0 saturated carbocycles. The van der Waals surface area contributed by atoms with Crippen molar-refractivity contribution in [3.63, 3.8) is 0 Å². The summed E-state index contributed by atoms with van der Waals surface area (Å²) in [5.74, 6) is 1.30. The van der Waals surface area contributed by atoms with Crippen LogP contribution in [0.1, 0.15) is 50.6 Å². The molecule has 0 spiro atoms. The molecular weight excluding hydrogens is 258 g/mol. The van der Waals surface area contributed by atoms with Crippen LogP contribution in [0.5, 0.6) is 5.75 Å². The Morgan fingerprint density at radius 1 is 1.16 bits per heavy atom. The minimum absolute atomic E-state index is 0.432. The van der Waals surface area contributed by atoms with Crippen molar-refractivity contribution in [2.24, 2.45) is 0 Å². The van der Waals surface area contributed by atoms with Gasteiger partial charge in [0, 0.05) is 12.3 Å². The lowest BCUT2D eigenvalue weighted by Crippen LogP contribution is -1.98. The normalized spacial score (nSPS) is 10.4. The van der Waals surface area contributed by atoms with Gasteiger partial charge in [0.25, 0.3) is 0 Å². The summed E-state index contributed by atoms with van der Waals surface area (Å²) >= 11 is 5.73. The molecule has 0 amide bonds. The van der Waals surface area contributed by atoms with Gasteiger partial charge >= 0.3 is 0 Å². The lowest BCUT2D eigenvalue weighted by Gasteiger charge is -2.06. The van der Waals surface area contributed by atoms with Crippen molar-refractivity contribution < 1.29 is 4.74 Å². The van der Waals surface area contributed by atoms with Crippen LogP contribution in [-0.2, 0) is 5.88 Å². The molecule has 0 aromatic carbocycles. The number of halogens is 1. The lowest BCUT2D eigenvalue weighted by atomic mass is 10.1. The van der Waals surface area contributed by atoms with Gasteiger partial charge in [-0.15, -0.1) is 18.2 Å². The average molecular weight is 282 g/mol. The number of aromatic nitrogens is 1. The van der Waals surface area contributed by atoms with Gasteiger partial charge in [0.2, 0.25) is 0 Å². The van der Waals surface area contributed by atoms with E-state index in [2.05, 4.69) is 11.6 Å². The second-order valence-electron chi connectivity index (χ2n) is 4.66. The molecule has 0 atom stereocenters. The van der Waals surface area contributed by atoms with Crippen LogP contribution in [0.3, 0.4) is 0 Å². The van der Waals surface area contributed by atoms with Crippen LogP contribution >= 0.6 is 11.6 Å². The zero-order valence-electron chi connectivity index (χ0n) is 11.6. The van der Waals surface area contributed by atoms with Crippen LogP contribution in [0.4, 0.5) is 0 Å². The Morgan fingerprint density at radius 2 is 1.89 bits per heavy atom. The summed E-state index contributed by atoms with van der Waals surface area (Å²) in [5, 5.41) is 0. The molecule has 0 N–H and O–H groups in total. The molecule has 0 radical (unpaired) electrons. The Kier molecular flexibility index (Phi) is 9.17. The smallest absolute Gasteiger partial charge is 0.122 e. The predicted octanol–water partition coefficient (Wildman–Crippen LogP) is 5.12. The summed E-state index contributed by atoms with van der Waals surface area (Å²) in [4.78, 5) is 4.13. The number of unbranched alkanes of at least 4 members (excludes halogenated alkanes) is 6. The van der Waals surface area contributed by atoms with Crippen LogP contribution in [0.15, 0.2) is 31.0 Å². The van der Waals surface area contributed by atoms with Gasteiger partial charge in [-0.3, -0.25) is 4.98 Å². The highest BCUT2D eigenvalue weighted by Crippen LogP contribution is 2.13. The van der Waals surface area contributed by atoms with E-state index in [0.29, 0.717) is 5.88 Å². The summed E-state index contributed by atoms with van der Waals surface area (Å²) in [7, 11) is 0. The van der Waals surface area contributed by atoms with Gasteiger partial charge in [-0.1, -0.05) is 31.8 Å². The Labute approximate surface area is 121 Å². The molecule has 1 rings (SSSR count). The van der Waals surface area contributed by atoms with E-state index in [-0.39, 0.29) is 0 Å². The molecule has 3 heteroatoms. The fourth-order valence-corrected chi connectivity index (χ4v) is 2.05. The summed E-state index contributed by atoms with van der Waals surface area (Å²) in [6.07, 6.45) is 12.4. The van der Waals surface area contributed by atoms with E-state index >= 15 is 0 Å². The zero-order valence-corrected chi connectivity index (χ0v) is 12.4. The van der Waals surface area contributed by atoms with Crippen molar-refractivity contribution in [3.8, 4) is 5.75 Å². The number of pyridine rings is 1. The predicted molar refractivity (Wildman–Crippen MR) is 81.8 cm³/mol. The largest absolute Gasteiger partial charge is 0.493 e. The van der Waals surface area contributed by atoms with Crippen LogP contribution in [0.2, 0.25) is 0 Å². The fourth-order valence-electron chi connectivity index (χ4n) is 1.91. The maximum atomic E-state index is 5.73. The lowest BCUT2D eigenvalue weighted by molar-refractivity contribution is 0.304. The quantitative estimate of drug-likeness (QED) is 0.319. The molecule has 1 heterocycles. The molecule has 0 fully saturated rings. The van der Waals surface area contributed by atoms with Gasteiger partial charge in [-0.2, -0.15) is 0 Å². The van der Waals surface area contributed by atoms with Gasteiger partial charge in [0.1, 0.15) is 5.75 Å². The first-order valence-electron chi connectivity index (χ1n) is 7.11. The molecule has 0 bridgehead atoms. The second-order valence-corrected chi connectivity index (χ2v) is 4.93. The molecule has 0 unspecified atom stereocenters. The van der Waals surface area contributed by atoms with Gasteiger partial charge in [-0.05, 0) is 25.3 Å². The standard InChI is InChI=1S/C16H24ClNO/c1-2-3-4-5-6-7-8-9-12-19-16-10-11-18-15(13-16)14-17/h2,10-11,13H,1,3-9,12,14H2. The summed E-state index contributed by atoms with van der Waals surface area (Å²) in [5.41, 5.74) is 0.862. The SMILES string of the molecule is C=CCCCCCCCCOc1ccnc(CCl)c1. The van der Waals surface area contributed by atoms with E-state index in [0.717, 1.165) is 30.9 Å². The first-order valence-corrected chi connectivity index (χ1v) is 7.65. The van der Waals surface area contributed by atoms with Gasteiger partial charge in [0.15, 0.2) is 0 Å². The monoisotopic (exact) mass is 281 g/mol. The highest BCUT2D eigenvalue weighted by Gasteiger charge is 1.97. The summed E-state index contributed by atoms with van der Waals surface area (Å²) in [6.45, 7) is 4.51. The van der Waals surface area contributed by atoms with E-state index in [4.69, 9.17) is 16.3 Å². The van der Waals surface area contributed by atoms with Crippen molar-refractivity contribution in [2.45, 2.75) is 50.8 Å². The average Bonchev–Trinajstić information content (AvgIpc) is 2.46. The van der Waals surface area contributed by atoms with Gasteiger partial charge in [0.05, 0.1) is 18.2 Å². The first kappa shape index (κ1) is 16.0. The molecule has 106 valence electrons. The van der Waals surface area contributed by atoms with Crippen molar-refractivity contribution in [1.82, 2.24) is 4.98 Å². The molecule has 0 saturated heterocycles. The number of allylic oxidation sites excluding steroid dienone is 1. The highest BCUT2D eigenvalue weighted by molar-refractivity contribution is 6.16. The third-order valence-electron chi connectivity index (χ3n) is 3.00. The maximum absolute atomic E-state index is 5.73. The Hall–Kier alpha value is -1.02. The number of nitrogens with zero attached hydrogens (tertiary/aromatic N) is 1.